The van der Waals surface area contributed by atoms with Gasteiger partial charge in [0.15, 0.2) is 0 Å². The molecule has 16 heavy (non-hydrogen) atoms. The van der Waals surface area contributed by atoms with Crippen LogP contribution < -0.4 is 11.1 Å². The molecule has 0 aromatic carbocycles. The van der Waals surface area contributed by atoms with Crippen LogP contribution in [0.5, 0.6) is 0 Å². The Labute approximate surface area is 101 Å². The second kappa shape index (κ2) is 4.13. The lowest BCUT2D eigenvalue weighted by Gasteiger charge is -2.17. The van der Waals surface area contributed by atoms with Crippen molar-refractivity contribution in [3.63, 3.8) is 0 Å². The summed E-state index contributed by atoms with van der Waals surface area (Å²) >= 11 is 1.76. The molecule has 88 valence electrons. The first-order valence-corrected chi connectivity index (χ1v) is 7.18. The first-order chi connectivity index (χ1) is 7.80. The van der Waals surface area contributed by atoms with Gasteiger partial charge < -0.3 is 11.1 Å². The summed E-state index contributed by atoms with van der Waals surface area (Å²) in [7, 11) is 0. The van der Waals surface area contributed by atoms with Gasteiger partial charge in [-0.25, -0.2) is 0 Å². The molecule has 0 aliphatic heterocycles. The smallest absolute Gasteiger partial charge is 0.0516 e. The summed E-state index contributed by atoms with van der Waals surface area (Å²) in [5.41, 5.74) is 6.82. The Bertz CT molecular complexity index is 339. The Kier molecular flexibility index (Phi) is 2.78. The molecule has 0 amide bonds. The second-order valence-corrected chi connectivity index (χ2v) is 6.37. The van der Waals surface area contributed by atoms with E-state index in [-0.39, 0.29) is 6.04 Å². The zero-order chi connectivity index (χ0) is 11.0. The molecule has 0 spiro atoms. The topological polar surface area (TPSA) is 38.0 Å². The van der Waals surface area contributed by atoms with Crippen LogP contribution in [0.4, 0.5) is 0 Å². The highest BCUT2D eigenvalue weighted by Gasteiger charge is 2.53. The maximum Gasteiger partial charge on any atom is 0.0516 e. The van der Waals surface area contributed by atoms with Crippen LogP contribution in [0.3, 0.4) is 0 Å². The number of thiophene rings is 1. The summed E-state index contributed by atoms with van der Waals surface area (Å²) in [6.07, 6.45) is 5.83. The summed E-state index contributed by atoms with van der Waals surface area (Å²) in [6, 6.07) is 4.38. The maximum absolute atomic E-state index is 6.13. The second-order valence-electron chi connectivity index (χ2n) is 5.39. The van der Waals surface area contributed by atoms with Gasteiger partial charge >= 0.3 is 0 Å². The lowest BCUT2D eigenvalue weighted by molar-refractivity contribution is 0.398. The lowest BCUT2D eigenvalue weighted by atomic mass is 10.0. The van der Waals surface area contributed by atoms with E-state index in [0.717, 1.165) is 12.5 Å². The van der Waals surface area contributed by atoms with Crippen molar-refractivity contribution in [2.45, 2.75) is 31.7 Å². The Morgan fingerprint density at radius 1 is 1.50 bits per heavy atom. The van der Waals surface area contributed by atoms with Crippen LogP contribution in [0.1, 0.15) is 36.6 Å². The van der Waals surface area contributed by atoms with E-state index in [0.29, 0.717) is 5.41 Å². The molecule has 3 N–H and O–H groups in total. The fourth-order valence-corrected chi connectivity index (χ4v) is 3.39. The molecule has 2 fully saturated rings. The molecule has 1 heterocycles. The van der Waals surface area contributed by atoms with E-state index >= 15 is 0 Å². The molecule has 3 heteroatoms. The van der Waals surface area contributed by atoms with Gasteiger partial charge in [-0.05, 0) is 48.5 Å². The molecule has 1 atom stereocenters. The van der Waals surface area contributed by atoms with E-state index in [9.17, 15) is 0 Å². The molecule has 0 radical (unpaired) electrons. The molecule has 0 saturated heterocycles. The molecule has 2 nitrogen and oxygen atoms in total. The zero-order valence-corrected chi connectivity index (χ0v) is 10.4. The number of nitrogens with one attached hydrogen (secondary N) is 1. The highest BCUT2D eigenvalue weighted by molar-refractivity contribution is 7.10. The Morgan fingerprint density at radius 3 is 2.88 bits per heavy atom. The summed E-state index contributed by atoms with van der Waals surface area (Å²) in [6.45, 7) is 2.12. The third-order valence-electron chi connectivity index (χ3n) is 4.09. The first-order valence-electron chi connectivity index (χ1n) is 6.30. The van der Waals surface area contributed by atoms with Crippen LogP contribution in [-0.4, -0.2) is 13.1 Å². The molecule has 2 aliphatic rings. The minimum atomic E-state index is 0.176. The SMILES string of the molecule is NC(CNCC1(C2CC2)CC1)c1cccs1. The molecule has 2 saturated carbocycles. The van der Waals surface area contributed by atoms with Crippen LogP contribution >= 0.6 is 11.3 Å². The zero-order valence-electron chi connectivity index (χ0n) is 9.61. The molecule has 3 rings (SSSR count). The van der Waals surface area contributed by atoms with E-state index < -0.39 is 0 Å². The molecule has 2 aliphatic carbocycles. The summed E-state index contributed by atoms with van der Waals surface area (Å²) < 4.78 is 0. The highest BCUT2D eigenvalue weighted by atomic mass is 32.1. The molecular formula is C13H20N2S. The fraction of sp³-hybridized carbons (Fsp3) is 0.692. The van der Waals surface area contributed by atoms with Crippen molar-refractivity contribution in [2.75, 3.05) is 13.1 Å². The van der Waals surface area contributed by atoms with Gasteiger partial charge in [0.2, 0.25) is 0 Å². The van der Waals surface area contributed by atoms with Crippen LogP contribution in [0.15, 0.2) is 17.5 Å². The van der Waals surface area contributed by atoms with Crippen LogP contribution in [0.2, 0.25) is 0 Å². The minimum Gasteiger partial charge on any atom is -0.322 e. The number of rotatable bonds is 6. The molecular weight excluding hydrogens is 216 g/mol. The number of nitrogens with two attached hydrogens (primary N) is 1. The van der Waals surface area contributed by atoms with Gasteiger partial charge in [0.1, 0.15) is 0 Å². The normalized spacial score (nSPS) is 24.3. The van der Waals surface area contributed by atoms with Crippen molar-refractivity contribution in [2.24, 2.45) is 17.1 Å². The van der Waals surface area contributed by atoms with Crippen molar-refractivity contribution in [1.82, 2.24) is 5.32 Å². The third-order valence-corrected chi connectivity index (χ3v) is 5.09. The van der Waals surface area contributed by atoms with Crippen molar-refractivity contribution in [3.8, 4) is 0 Å². The summed E-state index contributed by atoms with van der Waals surface area (Å²) in [4.78, 5) is 1.30. The third kappa shape index (κ3) is 2.17. The Hall–Kier alpha value is -0.380. The summed E-state index contributed by atoms with van der Waals surface area (Å²) in [5.74, 6) is 1.04. The van der Waals surface area contributed by atoms with Gasteiger partial charge in [0.05, 0.1) is 6.04 Å². The minimum absolute atomic E-state index is 0.176. The summed E-state index contributed by atoms with van der Waals surface area (Å²) in [5, 5.41) is 5.68. The van der Waals surface area contributed by atoms with Crippen molar-refractivity contribution in [1.29, 1.82) is 0 Å². The standard InChI is InChI=1S/C13H20N2S/c14-11(12-2-1-7-16-12)8-15-9-13(5-6-13)10-3-4-10/h1-2,7,10-11,15H,3-6,8-9,14H2. The Balaban J connectivity index is 1.43. The first kappa shape index (κ1) is 10.8. The van der Waals surface area contributed by atoms with Crippen molar-refractivity contribution >= 4 is 11.3 Å². The average molecular weight is 236 g/mol. The lowest BCUT2D eigenvalue weighted by Crippen LogP contribution is -2.32. The van der Waals surface area contributed by atoms with Gasteiger partial charge in [0.25, 0.3) is 0 Å². The van der Waals surface area contributed by atoms with E-state index in [1.54, 1.807) is 11.3 Å². The molecule has 1 aromatic heterocycles. The molecule has 0 bridgehead atoms. The molecule has 1 aromatic rings. The molecule has 1 unspecified atom stereocenters. The van der Waals surface area contributed by atoms with Crippen LogP contribution in [0.25, 0.3) is 0 Å². The average Bonchev–Trinajstić information content (AvgIpc) is 3.18. The quantitative estimate of drug-likeness (QED) is 0.796. The number of hydrogen-bond acceptors (Lipinski definition) is 3. The van der Waals surface area contributed by atoms with Crippen LogP contribution in [0, 0.1) is 11.3 Å². The van der Waals surface area contributed by atoms with Crippen molar-refractivity contribution in [3.05, 3.63) is 22.4 Å². The maximum atomic E-state index is 6.13. The van der Waals surface area contributed by atoms with E-state index in [1.165, 1.54) is 37.1 Å². The van der Waals surface area contributed by atoms with Gasteiger partial charge in [-0.15, -0.1) is 11.3 Å². The van der Waals surface area contributed by atoms with Crippen LogP contribution in [-0.2, 0) is 0 Å². The van der Waals surface area contributed by atoms with Gasteiger partial charge in [-0.2, -0.15) is 0 Å². The predicted molar refractivity (Wildman–Crippen MR) is 68.5 cm³/mol. The monoisotopic (exact) mass is 236 g/mol. The highest BCUT2D eigenvalue weighted by Crippen LogP contribution is 2.60. The van der Waals surface area contributed by atoms with E-state index in [4.69, 9.17) is 5.73 Å². The van der Waals surface area contributed by atoms with E-state index in [1.807, 2.05) is 0 Å². The van der Waals surface area contributed by atoms with E-state index in [2.05, 4.69) is 22.8 Å². The van der Waals surface area contributed by atoms with Crippen molar-refractivity contribution < 1.29 is 0 Å². The number of hydrogen-bond donors (Lipinski definition) is 2. The van der Waals surface area contributed by atoms with Gasteiger partial charge in [-0.3, -0.25) is 0 Å². The predicted octanol–water partition coefficient (Wildman–Crippen LogP) is 2.53. The van der Waals surface area contributed by atoms with Gasteiger partial charge in [-0.1, -0.05) is 6.07 Å². The Morgan fingerprint density at radius 2 is 2.31 bits per heavy atom. The fourth-order valence-electron chi connectivity index (χ4n) is 2.67. The van der Waals surface area contributed by atoms with Gasteiger partial charge in [0, 0.05) is 18.0 Å². The largest absolute Gasteiger partial charge is 0.322 e.